The van der Waals surface area contributed by atoms with Gasteiger partial charge in [0.25, 0.3) is 0 Å². The van der Waals surface area contributed by atoms with E-state index in [2.05, 4.69) is 17.3 Å². The molecule has 0 radical (unpaired) electrons. The van der Waals surface area contributed by atoms with Gasteiger partial charge in [-0.25, -0.2) is 0 Å². The molecular formula is C16H30N2. The summed E-state index contributed by atoms with van der Waals surface area (Å²) in [7, 11) is 2.34. The summed E-state index contributed by atoms with van der Waals surface area (Å²) in [5.41, 5.74) is 0. The zero-order chi connectivity index (χ0) is 12.4. The zero-order valence-electron chi connectivity index (χ0n) is 12.0. The second-order valence-electron chi connectivity index (χ2n) is 6.98. The van der Waals surface area contributed by atoms with Gasteiger partial charge in [0.05, 0.1) is 0 Å². The molecule has 2 bridgehead atoms. The summed E-state index contributed by atoms with van der Waals surface area (Å²) in [6.45, 7) is 1.30. The summed E-state index contributed by atoms with van der Waals surface area (Å²) < 4.78 is 0. The molecule has 3 fully saturated rings. The summed E-state index contributed by atoms with van der Waals surface area (Å²) in [6, 6.07) is 2.65. The highest BCUT2D eigenvalue weighted by Crippen LogP contribution is 2.37. The average molecular weight is 250 g/mol. The number of nitrogens with one attached hydrogen (secondary N) is 1. The van der Waals surface area contributed by atoms with Crippen molar-refractivity contribution in [2.75, 3.05) is 13.6 Å². The van der Waals surface area contributed by atoms with E-state index in [-0.39, 0.29) is 0 Å². The Morgan fingerprint density at radius 3 is 2.11 bits per heavy atom. The first-order valence-corrected chi connectivity index (χ1v) is 8.28. The fraction of sp³-hybridized carbons (Fsp3) is 1.00. The third-order valence-electron chi connectivity index (χ3n) is 5.75. The van der Waals surface area contributed by atoms with Crippen LogP contribution in [0.3, 0.4) is 0 Å². The maximum atomic E-state index is 3.90. The van der Waals surface area contributed by atoms with Gasteiger partial charge in [-0.3, -0.25) is 0 Å². The van der Waals surface area contributed by atoms with Gasteiger partial charge in [-0.2, -0.15) is 0 Å². The van der Waals surface area contributed by atoms with E-state index < -0.39 is 0 Å². The molecule has 0 aromatic rings. The molecule has 0 amide bonds. The third kappa shape index (κ3) is 2.91. The Morgan fingerprint density at radius 1 is 0.889 bits per heavy atom. The quantitative estimate of drug-likeness (QED) is 0.774. The molecule has 2 atom stereocenters. The lowest BCUT2D eigenvalue weighted by Gasteiger charge is -2.37. The van der Waals surface area contributed by atoms with Crippen molar-refractivity contribution in [3.63, 3.8) is 0 Å². The molecule has 2 heterocycles. The van der Waals surface area contributed by atoms with Crippen molar-refractivity contribution in [2.24, 2.45) is 5.92 Å². The first-order valence-electron chi connectivity index (χ1n) is 8.28. The summed E-state index contributed by atoms with van der Waals surface area (Å²) in [6.07, 6.45) is 14.5. The smallest absolute Gasteiger partial charge is 0.00988 e. The van der Waals surface area contributed by atoms with Crippen LogP contribution < -0.4 is 5.32 Å². The van der Waals surface area contributed by atoms with Crippen molar-refractivity contribution in [3.8, 4) is 0 Å². The molecule has 3 rings (SSSR count). The molecule has 1 N–H and O–H groups in total. The Bertz CT molecular complexity index is 244. The zero-order valence-corrected chi connectivity index (χ0v) is 12.0. The van der Waals surface area contributed by atoms with Crippen LogP contribution >= 0.6 is 0 Å². The molecule has 2 saturated heterocycles. The van der Waals surface area contributed by atoms with Gasteiger partial charge in [0.2, 0.25) is 0 Å². The topological polar surface area (TPSA) is 15.3 Å². The van der Waals surface area contributed by atoms with Crippen LogP contribution in [0.4, 0.5) is 0 Å². The molecule has 104 valence electrons. The monoisotopic (exact) mass is 250 g/mol. The van der Waals surface area contributed by atoms with Gasteiger partial charge < -0.3 is 10.2 Å². The highest BCUT2D eigenvalue weighted by molar-refractivity contribution is 4.94. The predicted molar refractivity (Wildman–Crippen MR) is 76.8 cm³/mol. The van der Waals surface area contributed by atoms with Crippen LogP contribution in [0.15, 0.2) is 0 Å². The summed E-state index contributed by atoms with van der Waals surface area (Å²) in [5, 5.41) is 3.90. The SMILES string of the molecule is CN1C2CCC1CC(CNC1CCCCCC1)C2. The van der Waals surface area contributed by atoms with Gasteiger partial charge in [-0.1, -0.05) is 25.7 Å². The lowest BCUT2D eigenvalue weighted by atomic mass is 9.90. The summed E-state index contributed by atoms with van der Waals surface area (Å²) in [4.78, 5) is 2.65. The molecule has 2 unspecified atom stereocenters. The molecule has 0 spiro atoms. The highest BCUT2D eigenvalue weighted by Gasteiger charge is 2.38. The van der Waals surface area contributed by atoms with Crippen LogP contribution in [-0.2, 0) is 0 Å². The van der Waals surface area contributed by atoms with Gasteiger partial charge in [0, 0.05) is 18.1 Å². The number of fused-ring (bicyclic) bond motifs is 2. The number of rotatable bonds is 3. The molecule has 18 heavy (non-hydrogen) atoms. The number of piperidine rings is 1. The largest absolute Gasteiger partial charge is 0.314 e. The van der Waals surface area contributed by atoms with Gasteiger partial charge in [0.15, 0.2) is 0 Å². The number of hydrogen-bond acceptors (Lipinski definition) is 2. The van der Waals surface area contributed by atoms with E-state index in [0.717, 1.165) is 24.0 Å². The minimum absolute atomic E-state index is 0.838. The fourth-order valence-corrected chi connectivity index (χ4v) is 4.51. The molecule has 1 saturated carbocycles. The van der Waals surface area contributed by atoms with E-state index in [1.54, 1.807) is 0 Å². The normalized spacial score (nSPS) is 38.8. The summed E-state index contributed by atoms with van der Waals surface area (Å²) in [5.74, 6) is 0.960. The Balaban J connectivity index is 1.43. The molecule has 3 aliphatic rings. The van der Waals surface area contributed by atoms with E-state index in [4.69, 9.17) is 0 Å². The van der Waals surface area contributed by atoms with Crippen LogP contribution in [0.2, 0.25) is 0 Å². The Kier molecular flexibility index (Phi) is 4.25. The first-order chi connectivity index (χ1) is 8.83. The molecule has 0 aromatic heterocycles. The van der Waals surface area contributed by atoms with Gasteiger partial charge in [-0.05, 0) is 58.0 Å². The highest BCUT2D eigenvalue weighted by atomic mass is 15.2. The van der Waals surface area contributed by atoms with E-state index >= 15 is 0 Å². The molecule has 2 aliphatic heterocycles. The van der Waals surface area contributed by atoms with Crippen molar-refractivity contribution in [1.82, 2.24) is 10.2 Å². The van der Waals surface area contributed by atoms with Gasteiger partial charge in [0.1, 0.15) is 0 Å². The van der Waals surface area contributed by atoms with Crippen molar-refractivity contribution in [2.45, 2.75) is 82.3 Å². The van der Waals surface area contributed by atoms with Gasteiger partial charge in [-0.15, -0.1) is 0 Å². The van der Waals surface area contributed by atoms with Crippen molar-refractivity contribution < 1.29 is 0 Å². The van der Waals surface area contributed by atoms with E-state index in [0.29, 0.717) is 0 Å². The Morgan fingerprint density at radius 2 is 1.50 bits per heavy atom. The van der Waals surface area contributed by atoms with Crippen LogP contribution in [0.25, 0.3) is 0 Å². The van der Waals surface area contributed by atoms with Crippen LogP contribution in [0.1, 0.15) is 64.2 Å². The first kappa shape index (κ1) is 12.9. The maximum Gasteiger partial charge on any atom is 0.00988 e. The van der Waals surface area contributed by atoms with E-state index in [9.17, 15) is 0 Å². The van der Waals surface area contributed by atoms with Crippen molar-refractivity contribution >= 4 is 0 Å². The van der Waals surface area contributed by atoms with Crippen molar-refractivity contribution in [3.05, 3.63) is 0 Å². The predicted octanol–water partition coefficient (Wildman–Crippen LogP) is 3.17. The van der Waals surface area contributed by atoms with Crippen LogP contribution in [0.5, 0.6) is 0 Å². The molecular weight excluding hydrogens is 220 g/mol. The van der Waals surface area contributed by atoms with Crippen LogP contribution in [0, 0.1) is 5.92 Å². The standard InChI is InChI=1S/C16H30N2/c1-18-15-8-9-16(18)11-13(10-15)12-17-14-6-4-2-3-5-7-14/h13-17H,2-12H2,1H3. The third-order valence-corrected chi connectivity index (χ3v) is 5.75. The second kappa shape index (κ2) is 5.92. The molecule has 0 aromatic carbocycles. The van der Waals surface area contributed by atoms with E-state index in [1.165, 1.54) is 70.8 Å². The average Bonchev–Trinajstić information content (AvgIpc) is 2.66. The van der Waals surface area contributed by atoms with Crippen molar-refractivity contribution in [1.29, 1.82) is 0 Å². The van der Waals surface area contributed by atoms with E-state index in [1.807, 2.05) is 0 Å². The molecule has 2 nitrogen and oxygen atoms in total. The number of hydrogen-bond donors (Lipinski definition) is 1. The minimum atomic E-state index is 0.838. The lowest BCUT2D eigenvalue weighted by Crippen LogP contribution is -2.44. The minimum Gasteiger partial charge on any atom is -0.314 e. The fourth-order valence-electron chi connectivity index (χ4n) is 4.51. The maximum absolute atomic E-state index is 3.90. The lowest BCUT2D eigenvalue weighted by molar-refractivity contribution is 0.130. The summed E-state index contributed by atoms with van der Waals surface area (Å²) >= 11 is 0. The second-order valence-corrected chi connectivity index (χ2v) is 6.98. The van der Waals surface area contributed by atoms with Crippen LogP contribution in [-0.4, -0.2) is 36.6 Å². The van der Waals surface area contributed by atoms with Gasteiger partial charge >= 0.3 is 0 Å². The number of nitrogens with zero attached hydrogens (tertiary/aromatic N) is 1. The Hall–Kier alpha value is -0.0800. The molecule has 1 aliphatic carbocycles. The Labute approximate surface area is 113 Å². The molecule has 2 heteroatoms.